The third kappa shape index (κ3) is 2.17. The quantitative estimate of drug-likeness (QED) is 0.620. The zero-order chi connectivity index (χ0) is 10.6. The summed E-state index contributed by atoms with van der Waals surface area (Å²) >= 11 is 11.7. The van der Waals surface area contributed by atoms with Gasteiger partial charge in [0.2, 0.25) is 0 Å². The van der Waals surface area contributed by atoms with E-state index in [0.29, 0.717) is 10.0 Å². The fourth-order valence-corrected chi connectivity index (χ4v) is 1.47. The van der Waals surface area contributed by atoms with Crippen LogP contribution in [0, 0.1) is 12.8 Å². The maximum atomic E-state index is 5.93. The van der Waals surface area contributed by atoms with Crippen molar-refractivity contribution in [2.24, 2.45) is 0 Å². The monoisotopic (exact) mass is 223 g/mol. The van der Waals surface area contributed by atoms with Crippen molar-refractivity contribution < 1.29 is 0 Å². The predicted octanol–water partition coefficient (Wildman–Crippen LogP) is 3.79. The molecule has 70 valence electrons. The molecule has 0 bridgehead atoms. The van der Waals surface area contributed by atoms with Gasteiger partial charge < -0.3 is 0 Å². The predicted molar refractivity (Wildman–Crippen MR) is 61.7 cm³/mol. The summed E-state index contributed by atoms with van der Waals surface area (Å²) in [4.78, 5) is 4.13. The first-order chi connectivity index (χ1) is 6.77. The Morgan fingerprint density at radius 3 is 2.50 bits per heavy atom. The van der Waals surface area contributed by atoms with E-state index in [1.165, 1.54) is 0 Å². The van der Waals surface area contributed by atoms with Crippen molar-refractivity contribution in [3.63, 3.8) is 0 Å². The second kappa shape index (κ2) is 4.85. The van der Waals surface area contributed by atoms with Gasteiger partial charge in [0.1, 0.15) is 0 Å². The van der Waals surface area contributed by atoms with Gasteiger partial charge >= 0.3 is 0 Å². The minimum absolute atomic E-state index is 0.678. The number of halogens is 2. The molecule has 0 amide bonds. The molecule has 0 aliphatic heterocycles. The van der Waals surface area contributed by atoms with Gasteiger partial charge in [-0.15, -0.1) is 12.8 Å². The summed E-state index contributed by atoms with van der Waals surface area (Å²) in [6, 6.07) is 7.23. The van der Waals surface area contributed by atoms with Crippen LogP contribution in [0.3, 0.4) is 0 Å². The molecule has 0 saturated carbocycles. The lowest BCUT2D eigenvalue weighted by molar-refractivity contribution is 1.41. The molecule has 2 rings (SSSR count). The van der Waals surface area contributed by atoms with Gasteiger partial charge in [-0.25, -0.2) is 0 Å². The Kier molecular flexibility index (Phi) is 3.76. The van der Waals surface area contributed by atoms with Crippen molar-refractivity contribution in [2.45, 2.75) is 0 Å². The number of fused-ring (bicyclic) bond motifs is 1. The van der Waals surface area contributed by atoms with Gasteiger partial charge in [-0.1, -0.05) is 23.2 Å². The van der Waals surface area contributed by atoms with Gasteiger partial charge in [0.05, 0.1) is 10.5 Å². The van der Waals surface area contributed by atoms with Gasteiger partial charge in [0, 0.05) is 16.6 Å². The highest BCUT2D eigenvalue weighted by atomic mass is 35.5. The van der Waals surface area contributed by atoms with Crippen molar-refractivity contribution in [2.75, 3.05) is 0 Å². The molecule has 0 radical (unpaired) electrons. The Morgan fingerprint density at radius 1 is 1.07 bits per heavy atom. The van der Waals surface area contributed by atoms with Crippen molar-refractivity contribution in [3.8, 4) is 12.8 Å². The van der Waals surface area contributed by atoms with Crippen molar-refractivity contribution in [3.05, 3.63) is 40.5 Å². The summed E-state index contributed by atoms with van der Waals surface area (Å²) in [7, 11) is 0. The first-order valence-electron chi connectivity index (χ1n) is 3.80. The number of rotatable bonds is 0. The second-order valence-electron chi connectivity index (χ2n) is 2.45. The zero-order valence-electron chi connectivity index (χ0n) is 7.24. The van der Waals surface area contributed by atoms with E-state index < -0.39 is 0 Å². The van der Waals surface area contributed by atoms with Crippen LogP contribution in [0.5, 0.6) is 0 Å². The van der Waals surface area contributed by atoms with Gasteiger partial charge in [-0.3, -0.25) is 4.98 Å². The molecule has 0 unspecified atom stereocenters. The standard InChI is InChI=1S/C9H5Cl2N.C2H2/c10-6-1-2-7-8(11)3-4-12-9(7)5-6;1-2/h1-5H;1-2H. The molecule has 1 nitrogen and oxygen atoms in total. The summed E-state index contributed by atoms with van der Waals surface area (Å²) in [5.41, 5.74) is 0.829. The van der Waals surface area contributed by atoms with Crippen molar-refractivity contribution in [1.29, 1.82) is 0 Å². The molecule has 1 heterocycles. The van der Waals surface area contributed by atoms with E-state index in [0.717, 1.165) is 10.9 Å². The first kappa shape index (κ1) is 10.8. The van der Waals surface area contributed by atoms with Crippen LogP contribution in [0.2, 0.25) is 10.0 Å². The van der Waals surface area contributed by atoms with Gasteiger partial charge in [0.15, 0.2) is 0 Å². The number of hydrogen-bond acceptors (Lipinski definition) is 1. The number of aromatic nitrogens is 1. The van der Waals surface area contributed by atoms with E-state index in [1.54, 1.807) is 24.4 Å². The van der Waals surface area contributed by atoms with Crippen LogP contribution in [0.25, 0.3) is 10.9 Å². The Bertz CT molecular complexity index is 463. The molecular formula is C11H7Cl2N. The summed E-state index contributed by atoms with van der Waals surface area (Å²) < 4.78 is 0. The number of hydrogen-bond donors (Lipinski definition) is 0. The van der Waals surface area contributed by atoms with Crippen LogP contribution in [0.15, 0.2) is 30.5 Å². The Morgan fingerprint density at radius 2 is 1.79 bits per heavy atom. The summed E-state index contributed by atoms with van der Waals surface area (Å²) in [6.07, 6.45) is 9.67. The molecule has 0 saturated heterocycles. The summed E-state index contributed by atoms with van der Waals surface area (Å²) in [6.45, 7) is 0. The molecule has 3 heteroatoms. The lowest BCUT2D eigenvalue weighted by Gasteiger charge is -1.98. The Hall–Kier alpha value is -1.23. The molecular weight excluding hydrogens is 217 g/mol. The van der Waals surface area contributed by atoms with E-state index in [2.05, 4.69) is 17.8 Å². The van der Waals surface area contributed by atoms with E-state index in [-0.39, 0.29) is 0 Å². The molecule has 1 aromatic carbocycles. The summed E-state index contributed by atoms with van der Waals surface area (Å²) in [5.74, 6) is 0. The number of benzene rings is 1. The average molecular weight is 224 g/mol. The fourth-order valence-electron chi connectivity index (χ4n) is 1.09. The van der Waals surface area contributed by atoms with Crippen LogP contribution in [-0.2, 0) is 0 Å². The third-order valence-corrected chi connectivity index (χ3v) is 2.22. The topological polar surface area (TPSA) is 12.9 Å². The molecule has 0 fully saturated rings. The maximum Gasteiger partial charge on any atom is 0.0731 e. The highest BCUT2D eigenvalue weighted by Gasteiger charge is 1.98. The van der Waals surface area contributed by atoms with Crippen molar-refractivity contribution >= 4 is 34.1 Å². The largest absolute Gasteiger partial charge is 0.256 e. The minimum Gasteiger partial charge on any atom is -0.256 e. The van der Waals surface area contributed by atoms with Gasteiger partial charge in [-0.2, -0.15) is 0 Å². The van der Waals surface area contributed by atoms with Crippen LogP contribution >= 0.6 is 23.2 Å². The van der Waals surface area contributed by atoms with Crippen LogP contribution in [-0.4, -0.2) is 4.98 Å². The van der Waals surface area contributed by atoms with Gasteiger partial charge in [0.25, 0.3) is 0 Å². The summed E-state index contributed by atoms with van der Waals surface area (Å²) in [5, 5.41) is 2.32. The first-order valence-corrected chi connectivity index (χ1v) is 4.56. The molecule has 0 aliphatic carbocycles. The lowest BCUT2D eigenvalue weighted by Crippen LogP contribution is -1.78. The van der Waals surface area contributed by atoms with E-state index >= 15 is 0 Å². The molecule has 0 N–H and O–H groups in total. The highest BCUT2D eigenvalue weighted by molar-refractivity contribution is 6.36. The van der Waals surface area contributed by atoms with Crippen LogP contribution in [0.1, 0.15) is 0 Å². The Labute approximate surface area is 92.7 Å². The van der Waals surface area contributed by atoms with Crippen molar-refractivity contribution in [1.82, 2.24) is 4.98 Å². The number of pyridine rings is 1. The molecule has 2 aromatic rings. The van der Waals surface area contributed by atoms with E-state index in [1.807, 2.05) is 6.07 Å². The molecule has 0 aliphatic rings. The lowest BCUT2D eigenvalue weighted by atomic mass is 10.2. The molecule has 0 atom stereocenters. The van der Waals surface area contributed by atoms with Crippen LogP contribution in [0.4, 0.5) is 0 Å². The Balaban J connectivity index is 0.000000461. The molecule has 1 aromatic heterocycles. The van der Waals surface area contributed by atoms with E-state index in [4.69, 9.17) is 23.2 Å². The second-order valence-corrected chi connectivity index (χ2v) is 3.30. The SMILES string of the molecule is C#C.Clc1ccc2c(Cl)ccnc2c1. The van der Waals surface area contributed by atoms with Gasteiger partial charge in [-0.05, 0) is 24.3 Å². The molecule has 0 spiro atoms. The zero-order valence-corrected chi connectivity index (χ0v) is 8.76. The number of nitrogens with zero attached hydrogens (tertiary/aromatic N) is 1. The number of terminal acetylenes is 1. The smallest absolute Gasteiger partial charge is 0.0731 e. The third-order valence-electron chi connectivity index (χ3n) is 1.65. The maximum absolute atomic E-state index is 5.93. The van der Waals surface area contributed by atoms with E-state index in [9.17, 15) is 0 Å². The average Bonchev–Trinajstić information content (AvgIpc) is 2.21. The molecule has 14 heavy (non-hydrogen) atoms. The normalized spacial score (nSPS) is 9.14. The highest BCUT2D eigenvalue weighted by Crippen LogP contribution is 2.23. The van der Waals surface area contributed by atoms with Crippen LogP contribution < -0.4 is 0 Å². The minimum atomic E-state index is 0.678. The fraction of sp³-hybridized carbons (Fsp3) is 0.